The van der Waals surface area contributed by atoms with Crippen LogP contribution in [0.3, 0.4) is 0 Å². The van der Waals surface area contributed by atoms with Crippen molar-refractivity contribution in [3.05, 3.63) is 301 Å². The Bertz CT molecular complexity index is 3400. The molecular weight excluding hydrogens is 1510 g/mol. The summed E-state index contributed by atoms with van der Waals surface area (Å²) in [5.41, 5.74) is -2.39. The minimum Gasteiger partial charge on any atom is -0.872 e. The van der Waals surface area contributed by atoms with Crippen LogP contribution in [0.4, 0.5) is 0 Å². The molecule has 26 nitrogen and oxygen atoms in total. The number of aromatic nitrogens is 6. The first kappa shape index (κ1) is 85.9. The van der Waals surface area contributed by atoms with Crippen LogP contribution in [0.2, 0.25) is 0 Å². The maximum atomic E-state index is 12.1. The third-order valence-electron chi connectivity index (χ3n) is 10.0. The molecule has 0 N–H and O–H groups in total. The molecule has 0 bridgehead atoms. The monoisotopic (exact) mass is 1550 g/mol. The first-order valence-electron chi connectivity index (χ1n) is 25.1. The quantitative estimate of drug-likeness (QED) is 0.0557. The van der Waals surface area contributed by atoms with Crippen LogP contribution < -0.4 is 61.3 Å². The number of benzene rings is 4. The van der Waals surface area contributed by atoms with Gasteiger partial charge < -0.3 is 61.3 Å². The van der Waals surface area contributed by atoms with Crippen LogP contribution in [0.1, 0.15) is 45.0 Å². The molecule has 0 aliphatic heterocycles. The number of hydrogen-bond acceptors (Lipinski definition) is 26. The van der Waals surface area contributed by atoms with Crippen molar-refractivity contribution in [2.24, 2.45) is 40.8 Å². The summed E-state index contributed by atoms with van der Waals surface area (Å²) < 4.78 is 0. The van der Waals surface area contributed by atoms with Gasteiger partial charge in [0.1, 0.15) is 0 Å². The van der Waals surface area contributed by atoms with Crippen LogP contribution in [0.5, 0.6) is 23.0 Å². The molecule has 0 saturated heterocycles. The van der Waals surface area contributed by atoms with Crippen molar-refractivity contribution in [3.63, 3.8) is 0 Å². The van der Waals surface area contributed by atoms with E-state index in [0.717, 1.165) is 24.3 Å². The molecule has 94 heavy (non-hydrogen) atoms. The van der Waals surface area contributed by atoms with Gasteiger partial charge in [-0.15, -0.1) is 23.0 Å². The Balaban J connectivity index is 0. The molecule has 0 aliphatic carbocycles. The largest absolute Gasteiger partial charge is 2.00 e. The summed E-state index contributed by atoms with van der Waals surface area (Å²) in [6, 6.07) is 51.5. The summed E-state index contributed by atoms with van der Waals surface area (Å²) in [5.74, 6) is -10.6. The van der Waals surface area contributed by atoms with Gasteiger partial charge in [-0.1, -0.05) is 133 Å². The summed E-state index contributed by atoms with van der Waals surface area (Å²) in [5, 5.41) is 168. The number of rotatable bonds is 12. The molecule has 10 aromatic rings. The predicted molar refractivity (Wildman–Crippen MR) is 301 cm³/mol. The Morgan fingerprint density at radius 2 is 0.372 bits per heavy atom. The second-order valence-corrected chi connectivity index (χ2v) is 16.1. The molecule has 0 spiro atoms. The van der Waals surface area contributed by atoms with Gasteiger partial charge in [-0.05, 0) is 95.1 Å². The summed E-state index contributed by atoms with van der Waals surface area (Å²) in [7, 11) is 0. The maximum absolute atomic E-state index is 12.1. The predicted octanol–water partition coefficient (Wildman–Crippen LogP) is -1.91. The molecule has 6 aromatic heterocycles. The van der Waals surface area contributed by atoms with Crippen LogP contribution in [0.25, 0.3) is 0 Å². The summed E-state index contributed by atoms with van der Waals surface area (Å²) >= 11 is 0. The zero-order valence-electron chi connectivity index (χ0n) is 47.2. The van der Waals surface area contributed by atoms with Crippen molar-refractivity contribution < 1.29 is 164 Å². The van der Waals surface area contributed by atoms with Gasteiger partial charge >= 0.3 is 102 Å². The number of nitrogens with zero attached hydrogens (tertiary/aromatic N) is 14. The summed E-state index contributed by atoms with van der Waals surface area (Å²) in [4.78, 5) is 22.7. The number of para-hydroxylation sites is 4. The topological polar surface area (TPSA) is 453 Å². The van der Waals surface area contributed by atoms with Crippen LogP contribution in [0.15, 0.2) is 297 Å². The fraction of sp³-hybridized carbons (Fsp3) is 0. The smallest absolute Gasteiger partial charge is 0.872 e. The molecule has 4 aromatic carbocycles. The van der Waals surface area contributed by atoms with Gasteiger partial charge in [-0.3, -0.25) is 19.9 Å². The van der Waals surface area contributed by atoms with Crippen molar-refractivity contribution in [2.75, 3.05) is 0 Å². The Kier molecular flexibility index (Phi) is 45.3. The fourth-order valence-electron chi connectivity index (χ4n) is 5.95. The van der Waals surface area contributed by atoms with E-state index in [1.54, 1.807) is 49.6 Å². The Morgan fingerprint density at radius 3 is 0.521 bits per heavy atom. The molecule has 0 fully saturated rings. The van der Waals surface area contributed by atoms with Crippen LogP contribution >= 0.6 is 0 Å². The van der Waals surface area contributed by atoms with E-state index >= 15 is 0 Å². The number of hydrogen-bond donors (Lipinski definition) is 0. The maximum Gasteiger partial charge on any atom is 2.00 e. The molecule has 0 saturated carbocycles. The van der Waals surface area contributed by atoms with Gasteiger partial charge in [0.05, 0.1) is 22.8 Å². The number of pyridine rings is 6. The van der Waals surface area contributed by atoms with Crippen molar-refractivity contribution in [3.8, 4) is 23.0 Å². The first-order valence-corrected chi connectivity index (χ1v) is 25.1. The van der Waals surface area contributed by atoms with Crippen LogP contribution in [0, 0.1) is 0 Å². The zero-order valence-corrected chi connectivity index (χ0v) is 52.9. The minimum absolute atomic E-state index is 0. The SMILES string of the molecule is [Cu+2].[Cu+2].[Cu+2].[Cu+2].[Cu+2].[Cu+2].[O-]/C(=N\N=C(/[O-])c1ccccc1[O-])c1cccc(/C([O-])=N/N=C(\[O-])c2ccccc2[O-])n1.[O-]/C(=N\N=C(/[O-])c1ccccc1[O-])c1cccc(/C([O-])=N/N=C(\[O-])c2ccccc2[O-])n1.c1ccncc1.c1ccncc1.c1ccncc1.c1ccncc1. The average molecular weight is 1560 g/mol. The second-order valence-electron chi connectivity index (χ2n) is 16.1. The standard InChI is InChI=1S/2C21H17N5O6.4C5H5N.6Cu/c2*27-16-10-3-1-6-12(16)18(29)23-25-20(31)14-8-5-9-15(22-14)21(32)26-24-19(30)13-7-2-4-11-17(13)28;4*1-2-4-6-5-3-1;;;;;;/h2*1-11,27-28H,(H,23,29)(H,24,30)(H,25,31)(H,26,32);4*1-5H;;;;;;/q;;;;;;6*+2/p-12. The van der Waals surface area contributed by atoms with Crippen molar-refractivity contribution in [1.82, 2.24) is 29.9 Å². The third kappa shape index (κ3) is 31.7. The third-order valence-corrected chi connectivity index (χ3v) is 10.0. The first-order chi connectivity index (χ1) is 42.7. The summed E-state index contributed by atoms with van der Waals surface area (Å²) in [6.07, 6.45) is 14.0. The summed E-state index contributed by atoms with van der Waals surface area (Å²) in [6.45, 7) is 0. The average Bonchev–Trinajstić information content (AvgIpc) is 1.00. The van der Waals surface area contributed by atoms with Gasteiger partial charge in [0.25, 0.3) is 0 Å². The molecule has 0 atom stereocenters. The van der Waals surface area contributed by atoms with Crippen molar-refractivity contribution >= 4 is 47.2 Å². The van der Waals surface area contributed by atoms with Gasteiger partial charge in [0.2, 0.25) is 0 Å². The van der Waals surface area contributed by atoms with Crippen LogP contribution in [-0.2, 0) is 102 Å². The van der Waals surface area contributed by atoms with E-state index in [2.05, 4.69) is 70.7 Å². The van der Waals surface area contributed by atoms with E-state index in [1.807, 2.05) is 72.8 Å². The van der Waals surface area contributed by atoms with E-state index in [0.29, 0.717) is 0 Å². The minimum atomic E-state index is -1.05. The molecule has 0 unspecified atom stereocenters. The zero-order chi connectivity index (χ0) is 63.1. The van der Waals surface area contributed by atoms with Crippen LogP contribution in [-0.4, -0.2) is 77.1 Å². The normalized spacial score (nSPS) is 11.1. The Labute approximate surface area is 600 Å². The van der Waals surface area contributed by atoms with E-state index in [4.69, 9.17) is 0 Å². The van der Waals surface area contributed by atoms with Gasteiger partial charge in [-0.2, -0.15) is 40.8 Å². The van der Waals surface area contributed by atoms with Crippen molar-refractivity contribution in [1.29, 1.82) is 0 Å². The molecule has 0 aliphatic rings. The van der Waals surface area contributed by atoms with E-state index < -0.39 is 70.2 Å². The van der Waals surface area contributed by atoms with E-state index in [1.165, 1.54) is 109 Å². The molecule has 10 rings (SSSR count). The Morgan fingerprint density at radius 1 is 0.202 bits per heavy atom. The molecule has 498 valence electrons. The van der Waals surface area contributed by atoms with E-state index in [-0.39, 0.29) is 147 Å². The second kappa shape index (κ2) is 49.5. The molecule has 6 radical (unpaired) electrons. The molecule has 32 heteroatoms. The molecule has 0 amide bonds. The Hall–Kier alpha value is -10.1. The fourth-order valence-corrected chi connectivity index (χ4v) is 5.95. The van der Waals surface area contributed by atoms with Crippen molar-refractivity contribution in [2.45, 2.75) is 0 Å². The van der Waals surface area contributed by atoms with Gasteiger partial charge in [0.15, 0.2) is 0 Å². The molecule has 6 heterocycles. The van der Waals surface area contributed by atoms with Gasteiger partial charge in [0, 0.05) is 96.8 Å². The van der Waals surface area contributed by atoms with E-state index in [9.17, 15) is 61.3 Å². The van der Waals surface area contributed by atoms with Gasteiger partial charge in [-0.25, -0.2) is 9.97 Å². The molecular formula is C62H42Cu6N14O12.